The molecule has 0 N–H and O–H groups in total. The number of aromatic nitrogens is 1. The molecule has 304 valence electrons. The highest BCUT2D eigenvalue weighted by Crippen LogP contribution is 2.46. The molecule has 0 saturated carbocycles. The standard InChI is InChI=1S/C63H42N2/c1-3-17-53-47(13-1)15-11-23-55(53)63-58-21-7-5-19-56(58)62(57-20-6-8-22-59(57)63)50-32-30-45(31-33-50)43-26-28-44(29-27-43)46-34-38-51(39-35-46)65(61-25-12-16-48-14-2-4-18-54(48)61)52-40-36-49(37-41-52)60-24-9-10-42-64-60/h1-42H. The van der Waals surface area contributed by atoms with E-state index in [1.54, 1.807) is 0 Å². The van der Waals surface area contributed by atoms with Crippen LogP contribution >= 0.6 is 0 Å². The number of anilines is 3. The van der Waals surface area contributed by atoms with Gasteiger partial charge in [-0.25, -0.2) is 0 Å². The van der Waals surface area contributed by atoms with Gasteiger partial charge in [0.1, 0.15) is 0 Å². The molecule has 12 aromatic rings. The Bertz CT molecular complexity index is 3600. The number of hydrogen-bond donors (Lipinski definition) is 0. The summed E-state index contributed by atoms with van der Waals surface area (Å²) < 4.78 is 0. The molecule has 0 fully saturated rings. The zero-order valence-corrected chi connectivity index (χ0v) is 35.6. The third-order valence-corrected chi connectivity index (χ3v) is 12.9. The van der Waals surface area contributed by atoms with Gasteiger partial charge >= 0.3 is 0 Å². The molecule has 0 unspecified atom stereocenters. The summed E-state index contributed by atoms with van der Waals surface area (Å²) in [6.45, 7) is 0. The molecule has 0 bridgehead atoms. The second kappa shape index (κ2) is 16.3. The Morgan fingerprint density at radius 3 is 1.20 bits per heavy atom. The van der Waals surface area contributed by atoms with Crippen molar-refractivity contribution in [3.63, 3.8) is 0 Å². The van der Waals surface area contributed by atoms with Gasteiger partial charge in [0, 0.05) is 28.5 Å². The Morgan fingerprint density at radius 2 is 0.662 bits per heavy atom. The van der Waals surface area contributed by atoms with Gasteiger partial charge in [0.2, 0.25) is 0 Å². The summed E-state index contributed by atoms with van der Waals surface area (Å²) in [6, 6.07) is 90.1. The fraction of sp³-hybridized carbons (Fsp3) is 0. The van der Waals surface area contributed by atoms with Gasteiger partial charge in [-0.2, -0.15) is 0 Å². The zero-order valence-electron chi connectivity index (χ0n) is 35.6. The Balaban J connectivity index is 0.859. The van der Waals surface area contributed by atoms with E-state index < -0.39 is 0 Å². The molecule has 0 amide bonds. The van der Waals surface area contributed by atoms with Crippen LogP contribution in [0.15, 0.2) is 255 Å². The molecule has 2 nitrogen and oxygen atoms in total. The van der Waals surface area contributed by atoms with Crippen LogP contribution in [-0.4, -0.2) is 4.98 Å². The van der Waals surface area contributed by atoms with E-state index in [-0.39, 0.29) is 0 Å². The van der Waals surface area contributed by atoms with Crippen LogP contribution in [0.5, 0.6) is 0 Å². The summed E-state index contributed by atoms with van der Waals surface area (Å²) >= 11 is 0. The number of pyridine rings is 1. The molecular weight excluding hydrogens is 785 g/mol. The first kappa shape index (κ1) is 38.1. The lowest BCUT2D eigenvalue weighted by Gasteiger charge is -2.27. The highest BCUT2D eigenvalue weighted by molar-refractivity contribution is 6.23. The minimum Gasteiger partial charge on any atom is -0.310 e. The van der Waals surface area contributed by atoms with Gasteiger partial charge in [0.05, 0.1) is 11.4 Å². The Hall–Kier alpha value is -8.59. The molecule has 0 aliphatic carbocycles. The van der Waals surface area contributed by atoms with Crippen molar-refractivity contribution in [1.29, 1.82) is 0 Å². The van der Waals surface area contributed by atoms with Gasteiger partial charge in [0.15, 0.2) is 0 Å². The first-order valence-electron chi connectivity index (χ1n) is 22.3. The monoisotopic (exact) mass is 826 g/mol. The van der Waals surface area contributed by atoms with E-state index in [0.717, 1.165) is 28.3 Å². The van der Waals surface area contributed by atoms with Crippen molar-refractivity contribution in [1.82, 2.24) is 4.98 Å². The Kier molecular flexibility index (Phi) is 9.54. The van der Waals surface area contributed by atoms with Crippen molar-refractivity contribution < 1.29 is 0 Å². The first-order valence-corrected chi connectivity index (χ1v) is 22.3. The molecule has 1 heterocycles. The molecule has 12 rings (SSSR count). The summed E-state index contributed by atoms with van der Waals surface area (Å²) in [5, 5.41) is 9.99. The quantitative estimate of drug-likeness (QED) is 0.142. The molecule has 0 spiro atoms. The van der Waals surface area contributed by atoms with Crippen LogP contribution in [0.25, 0.3) is 98.9 Å². The average Bonchev–Trinajstić information content (AvgIpc) is 3.39. The van der Waals surface area contributed by atoms with Crippen LogP contribution in [-0.2, 0) is 0 Å². The summed E-state index contributed by atoms with van der Waals surface area (Å²) in [5.41, 5.74) is 15.1. The average molecular weight is 827 g/mol. The van der Waals surface area contributed by atoms with Crippen molar-refractivity contribution >= 4 is 60.2 Å². The normalized spacial score (nSPS) is 11.4. The number of rotatable bonds is 8. The lowest BCUT2D eigenvalue weighted by atomic mass is 9.84. The van der Waals surface area contributed by atoms with Crippen molar-refractivity contribution in [3.05, 3.63) is 255 Å². The first-order chi connectivity index (χ1) is 32.2. The van der Waals surface area contributed by atoms with E-state index in [1.807, 2.05) is 18.3 Å². The maximum atomic E-state index is 4.58. The fourth-order valence-corrected chi connectivity index (χ4v) is 9.81. The second-order valence-corrected chi connectivity index (χ2v) is 16.7. The van der Waals surface area contributed by atoms with E-state index >= 15 is 0 Å². The van der Waals surface area contributed by atoms with Gasteiger partial charge in [0.25, 0.3) is 0 Å². The Morgan fingerprint density at radius 1 is 0.262 bits per heavy atom. The van der Waals surface area contributed by atoms with Gasteiger partial charge in [-0.15, -0.1) is 0 Å². The molecule has 0 saturated heterocycles. The molecule has 65 heavy (non-hydrogen) atoms. The summed E-state index contributed by atoms with van der Waals surface area (Å²) in [5.74, 6) is 0. The number of nitrogens with zero attached hydrogens (tertiary/aromatic N) is 2. The van der Waals surface area contributed by atoms with Crippen molar-refractivity contribution in [2.24, 2.45) is 0 Å². The molecule has 0 atom stereocenters. The maximum absolute atomic E-state index is 4.58. The lowest BCUT2D eigenvalue weighted by Crippen LogP contribution is -2.10. The van der Waals surface area contributed by atoms with Gasteiger partial charge in [-0.05, 0) is 125 Å². The molecular formula is C63H42N2. The smallest absolute Gasteiger partial charge is 0.0701 e. The predicted molar refractivity (Wildman–Crippen MR) is 276 cm³/mol. The minimum atomic E-state index is 0.963. The van der Waals surface area contributed by atoms with E-state index in [2.05, 4.69) is 246 Å². The van der Waals surface area contributed by atoms with Gasteiger partial charge in [-0.3, -0.25) is 4.98 Å². The van der Waals surface area contributed by atoms with E-state index in [4.69, 9.17) is 0 Å². The van der Waals surface area contributed by atoms with Crippen molar-refractivity contribution in [3.8, 4) is 55.8 Å². The minimum absolute atomic E-state index is 0.963. The van der Waals surface area contributed by atoms with Gasteiger partial charge in [-0.1, -0.05) is 206 Å². The number of hydrogen-bond acceptors (Lipinski definition) is 2. The third kappa shape index (κ3) is 6.89. The van der Waals surface area contributed by atoms with Crippen LogP contribution in [0, 0.1) is 0 Å². The maximum Gasteiger partial charge on any atom is 0.0701 e. The van der Waals surface area contributed by atoms with E-state index in [9.17, 15) is 0 Å². The predicted octanol–water partition coefficient (Wildman–Crippen LogP) is 17.5. The SMILES string of the molecule is c1ccc(-c2ccc(N(c3ccc(-c4ccc(-c5ccc(-c6c7ccccc7c(-c7cccc8ccccc78)c7ccccc67)cc5)cc4)cc3)c3cccc4ccccc34)cc2)nc1. The summed E-state index contributed by atoms with van der Waals surface area (Å²) in [4.78, 5) is 6.93. The highest BCUT2D eigenvalue weighted by Gasteiger charge is 2.19. The number of benzene rings is 11. The number of fused-ring (bicyclic) bond motifs is 4. The Labute approximate surface area is 379 Å². The molecule has 1 aromatic heterocycles. The summed E-state index contributed by atoms with van der Waals surface area (Å²) in [6.07, 6.45) is 1.84. The topological polar surface area (TPSA) is 16.1 Å². The lowest BCUT2D eigenvalue weighted by molar-refractivity contribution is 1.29. The summed E-state index contributed by atoms with van der Waals surface area (Å²) in [7, 11) is 0. The van der Waals surface area contributed by atoms with Gasteiger partial charge < -0.3 is 4.90 Å². The molecule has 0 radical (unpaired) electrons. The molecule has 0 aliphatic heterocycles. The largest absolute Gasteiger partial charge is 0.310 e. The van der Waals surface area contributed by atoms with Crippen molar-refractivity contribution in [2.45, 2.75) is 0 Å². The third-order valence-electron chi connectivity index (χ3n) is 12.9. The van der Waals surface area contributed by atoms with Crippen molar-refractivity contribution in [2.75, 3.05) is 4.90 Å². The van der Waals surface area contributed by atoms with Crippen LogP contribution in [0.4, 0.5) is 17.1 Å². The van der Waals surface area contributed by atoms with Crippen LogP contribution in [0.3, 0.4) is 0 Å². The van der Waals surface area contributed by atoms with E-state index in [1.165, 1.54) is 87.6 Å². The zero-order chi connectivity index (χ0) is 43.1. The molecule has 11 aromatic carbocycles. The van der Waals surface area contributed by atoms with E-state index in [0.29, 0.717) is 0 Å². The van der Waals surface area contributed by atoms with Crippen LogP contribution < -0.4 is 4.90 Å². The molecule has 0 aliphatic rings. The van der Waals surface area contributed by atoms with Crippen LogP contribution in [0.1, 0.15) is 0 Å². The highest BCUT2D eigenvalue weighted by atomic mass is 15.1. The van der Waals surface area contributed by atoms with Crippen LogP contribution in [0.2, 0.25) is 0 Å². The molecule has 2 heteroatoms. The fourth-order valence-electron chi connectivity index (χ4n) is 9.81. The second-order valence-electron chi connectivity index (χ2n) is 16.7.